The maximum Gasteiger partial charge on any atom is 0.253 e. The molecule has 0 aromatic heterocycles. The molecule has 0 bridgehead atoms. The summed E-state index contributed by atoms with van der Waals surface area (Å²) < 4.78 is 5.51. The van der Waals surface area contributed by atoms with E-state index in [9.17, 15) is 9.59 Å². The van der Waals surface area contributed by atoms with E-state index in [-0.39, 0.29) is 24.4 Å². The van der Waals surface area contributed by atoms with E-state index in [0.717, 1.165) is 30.9 Å². The first-order valence-corrected chi connectivity index (χ1v) is 9.69. The predicted molar refractivity (Wildman–Crippen MR) is 113 cm³/mol. The van der Waals surface area contributed by atoms with Gasteiger partial charge in [-0.3, -0.25) is 14.5 Å². The number of carbonyl (C=O) groups is 2. The van der Waals surface area contributed by atoms with Crippen LogP contribution in [0.4, 0.5) is 5.69 Å². The van der Waals surface area contributed by atoms with Crippen LogP contribution in [0.3, 0.4) is 0 Å². The van der Waals surface area contributed by atoms with Crippen molar-refractivity contribution in [3.8, 4) is 5.75 Å². The van der Waals surface area contributed by atoms with E-state index < -0.39 is 0 Å². The second-order valence-electron chi connectivity index (χ2n) is 7.26. The monoisotopic (exact) mass is 396 g/mol. The van der Waals surface area contributed by atoms with Gasteiger partial charge < -0.3 is 20.3 Å². The van der Waals surface area contributed by atoms with Crippen LogP contribution in [0.2, 0.25) is 0 Å². The quantitative estimate of drug-likeness (QED) is 0.781. The first-order valence-electron chi connectivity index (χ1n) is 9.69. The number of hydrogen-bond acceptors (Lipinski definition) is 5. The van der Waals surface area contributed by atoms with Crippen LogP contribution < -0.4 is 15.4 Å². The molecule has 1 aliphatic heterocycles. The highest BCUT2D eigenvalue weighted by molar-refractivity contribution is 5.97. The van der Waals surface area contributed by atoms with Gasteiger partial charge in [-0.05, 0) is 24.3 Å². The zero-order chi connectivity index (χ0) is 20.8. The average molecular weight is 396 g/mol. The summed E-state index contributed by atoms with van der Waals surface area (Å²) in [5.74, 6) is 0.613. The number of hydrogen-bond donors (Lipinski definition) is 2. The zero-order valence-corrected chi connectivity index (χ0v) is 17.1. The second-order valence-corrected chi connectivity index (χ2v) is 7.26. The van der Waals surface area contributed by atoms with Crippen LogP contribution in [-0.2, 0) is 4.79 Å². The van der Waals surface area contributed by atoms with Crippen LogP contribution >= 0.6 is 0 Å². The number of amides is 2. The maximum atomic E-state index is 12.7. The van der Waals surface area contributed by atoms with Crippen molar-refractivity contribution in [3.05, 3.63) is 59.7 Å². The van der Waals surface area contributed by atoms with Gasteiger partial charge in [-0.15, -0.1) is 0 Å². The van der Waals surface area contributed by atoms with Crippen LogP contribution in [-0.4, -0.2) is 69.0 Å². The molecule has 2 aromatic carbocycles. The minimum Gasteiger partial charge on any atom is -0.496 e. The number of carbonyl (C=O) groups excluding carboxylic acids is 2. The Hall–Kier alpha value is -2.90. The van der Waals surface area contributed by atoms with E-state index in [0.29, 0.717) is 11.3 Å². The van der Waals surface area contributed by atoms with Crippen LogP contribution in [0.15, 0.2) is 48.5 Å². The minimum atomic E-state index is -0.110. The summed E-state index contributed by atoms with van der Waals surface area (Å²) in [4.78, 5) is 28.5. The Labute approximate surface area is 171 Å². The van der Waals surface area contributed by atoms with Gasteiger partial charge in [-0.1, -0.05) is 24.3 Å². The first-order chi connectivity index (χ1) is 14.0. The Morgan fingerprint density at radius 3 is 2.76 bits per heavy atom. The molecule has 7 nitrogen and oxygen atoms in total. The lowest BCUT2D eigenvalue weighted by molar-refractivity contribution is -0.118. The van der Waals surface area contributed by atoms with E-state index in [4.69, 9.17) is 4.74 Å². The summed E-state index contributed by atoms with van der Waals surface area (Å²) in [7, 11) is 5.07. The molecule has 29 heavy (non-hydrogen) atoms. The van der Waals surface area contributed by atoms with E-state index in [1.807, 2.05) is 24.3 Å². The molecule has 1 fully saturated rings. The molecule has 2 aromatic rings. The molecule has 0 spiro atoms. The molecule has 2 amide bonds. The highest BCUT2D eigenvalue weighted by atomic mass is 16.5. The van der Waals surface area contributed by atoms with Crippen LogP contribution in [0.25, 0.3) is 0 Å². The molecule has 7 heteroatoms. The fraction of sp³-hybridized carbons (Fsp3) is 0.364. The minimum absolute atomic E-state index is 0.0484. The third-order valence-corrected chi connectivity index (χ3v) is 5.00. The van der Waals surface area contributed by atoms with Crippen molar-refractivity contribution in [2.75, 3.05) is 52.7 Å². The van der Waals surface area contributed by atoms with E-state index >= 15 is 0 Å². The molecule has 1 unspecified atom stereocenters. The number of anilines is 1. The van der Waals surface area contributed by atoms with Crippen molar-refractivity contribution >= 4 is 17.5 Å². The highest BCUT2D eigenvalue weighted by Crippen LogP contribution is 2.30. The summed E-state index contributed by atoms with van der Waals surface area (Å²) in [5, 5.41) is 6.32. The second kappa shape index (κ2) is 9.54. The van der Waals surface area contributed by atoms with Crippen LogP contribution in [0, 0.1) is 0 Å². The van der Waals surface area contributed by atoms with Gasteiger partial charge >= 0.3 is 0 Å². The van der Waals surface area contributed by atoms with Crippen LogP contribution in [0.1, 0.15) is 22.0 Å². The lowest BCUT2D eigenvalue weighted by Crippen LogP contribution is -2.48. The Bertz CT molecular complexity index is 869. The Kier molecular flexibility index (Phi) is 6.85. The number of benzene rings is 2. The standard InChI is InChI=1S/C22H28N4O3/c1-25(2)22(28)16-7-6-8-17(13-16)24-21(27)15-26-12-11-23-14-19(26)18-9-4-5-10-20(18)29-3/h4-10,13,19,23H,11-12,14-15H2,1-3H3,(H,24,27). The molecular formula is C22H28N4O3. The summed E-state index contributed by atoms with van der Waals surface area (Å²) in [5.41, 5.74) is 2.22. The summed E-state index contributed by atoms with van der Waals surface area (Å²) in [6.07, 6.45) is 0. The summed E-state index contributed by atoms with van der Waals surface area (Å²) in [6, 6.07) is 15.0. The van der Waals surface area contributed by atoms with Crippen molar-refractivity contribution in [1.82, 2.24) is 15.1 Å². The van der Waals surface area contributed by atoms with Gasteiger partial charge in [0.25, 0.3) is 5.91 Å². The molecule has 1 aliphatic rings. The maximum absolute atomic E-state index is 12.7. The number of methoxy groups -OCH3 is 1. The number of piperazine rings is 1. The number of para-hydroxylation sites is 1. The van der Waals surface area contributed by atoms with Gasteiger partial charge in [0.1, 0.15) is 5.75 Å². The van der Waals surface area contributed by atoms with Gasteiger partial charge in [0.2, 0.25) is 5.91 Å². The lowest BCUT2D eigenvalue weighted by atomic mass is 10.0. The SMILES string of the molecule is COc1ccccc1C1CNCCN1CC(=O)Nc1cccc(C(=O)N(C)C)c1. The fourth-order valence-electron chi connectivity index (χ4n) is 3.56. The first kappa shape index (κ1) is 20.8. The number of nitrogens with zero attached hydrogens (tertiary/aromatic N) is 2. The average Bonchev–Trinajstić information content (AvgIpc) is 2.73. The molecule has 154 valence electrons. The largest absolute Gasteiger partial charge is 0.496 e. The molecule has 0 radical (unpaired) electrons. The molecular weight excluding hydrogens is 368 g/mol. The van der Waals surface area contributed by atoms with Crippen molar-refractivity contribution in [3.63, 3.8) is 0 Å². The van der Waals surface area contributed by atoms with E-state index in [2.05, 4.69) is 15.5 Å². The highest BCUT2D eigenvalue weighted by Gasteiger charge is 2.27. The van der Waals surface area contributed by atoms with Gasteiger partial charge in [0.15, 0.2) is 0 Å². The number of rotatable bonds is 6. The molecule has 0 saturated carbocycles. The molecule has 2 N–H and O–H groups in total. The van der Waals surface area contributed by atoms with E-state index in [1.165, 1.54) is 4.90 Å². The smallest absolute Gasteiger partial charge is 0.253 e. The van der Waals surface area contributed by atoms with Gasteiger partial charge in [0.05, 0.1) is 19.7 Å². The summed E-state index contributed by atoms with van der Waals surface area (Å²) in [6.45, 7) is 2.60. The van der Waals surface area contributed by atoms with Crippen molar-refractivity contribution in [2.24, 2.45) is 0 Å². The van der Waals surface area contributed by atoms with E-state index in [1.54, 1.807) is 45.5 Å². The van der Waals surface area contributed by atoms with Gasteiger partial charge in [0, 0.05) is 50.5 Å². The predicted octanol–water partition coefficient (Wildman–Crippen LogP) is 1.98. The van der Waals surface area contributed by atoms with Gasteiger partial charge in [-0.25, -0.2) is 0 Å². The summed E-state index contributed by atoms with van der Waals surface area (Å²) >= 11 is 0. The molecule has 1 heterocycles. The Balaban J connectivity index is 1.70. The number of ether oxygens (including phenoxy) is 1. The fourth-order valence-corrected chi connectivity index (χ4v) is 3.56. The molecule has 1 atom stereocenters. The van der Waals surface area contributed by atoms with Gasteiger partial charge in [-0.2, -0.15) is 0 Å². The Morgan fingerprint density at radius 1 is 1.21 bits per heavy atom. The normalized spacial score (nSPS) is 16.9. The van der Waals surface area contributed by atoms with Crippen molar-refractivity contribution in [1.29, 1.82) is 0 Å². The van der Waals surface area contributed by atoms with Crippen molar-refractivity contribution < 1.29 is 14.3 Å². The lowest BCUT2D eigenvalue weighted by Gasteiger charge is -2.36. The van der Waals surface area contributed by atoms with Crippen LogP contribution in [0.5, 0.6) is 5.75 Å². The Morgan fingerprint density at radius 2 is 2.00 bits per heavy atom. The molecule has 3 rings (SSSR count). The third kappa shape index (κ3) is 5.13. The number of nitrogens with one attached hydrogen (secondary N) is 2. The third-order valence-electron chi connectivity index (χ3n) is 5.00. The molecule has 1 saturated heterocycles. The molecule has 0 aliphatic carbocycles. The zero-order valence-electron chi connectivity index (χ0n) is 17.1. The topological polar surface area (TPSA) is 73.9 Å². The van der Waals surface area contributed by atoms with Crippen molar-refractivity contribution in [2.45, 2.75) is 6.04 Å².